The Bertz CT molecular complexity index is 366. The maximum Gasteiger partial charge on any atom is 0.202 e. The largest absolute Gasteiger partial charge is 0.417 e. The van der Waals surface area contributed by atoms with E-state index in [-0.39, 0.29) is 0 Å². The molecule has 0 aromatic heterocycles. The molecule has 0 aliphatic heterocycles. The molecule has 0 fully saturated rings. The Morgan fingerprint density at radius 3 is 2.74 bits per heavy atom. The van der Waals surface area contributed by atoms with Gasteiger partial charge in [-0.25, -0.2) is 0 Å². The van der Waals surface area contributed by atoms with Crippen molar-refractivity contribution in [3.8, 4) is 0 Å². The topological polar surface area (TPSA) is 18.5 Å². The van der Waals surface area contributed by atoms with Crippen LogP contribution in [0.3, 0.4) is 0 Å². The van der Waals surface area contributed by atoms with E-state index in [2.05, 4.69) is 31.7 Å². The minimum absolute atomic E-state index is 0.788. The third-order valence-corrected chi connectivity index (χ3v) is 5.65. The van der Waals surface area contributed by atoms with Crippen molar-refractivity contribution in [2.45, 2.75) is 32.7 Å². The van der Waals surface area contributed by atoms with Crippen LogP contribution in [0.4, 0.5) is 0 Å². The van der Waals surface area contributed by atoms with E-state index in [9.17, 15) is 0 Å². The molecule has 0 saturated heterocycles. The second-order valence-electron chi connectivity index (χ2n) is 4.59. The molecule has 0 amide bonds. The molecule has 0 heterocycles. The minimum Gasteiger partial charge on any atom is -0.417 e. The SMILES string of the molecule is C=Cc1ccccc1CCO[SiH](CCC)COCC. The van der Waals surface area contributed by atoms with Crippen LogP contribution in [0, 0.1) is 0 Å². The Morgan fingerprint density at radius 1 is 1.26 bits per heavy atom. The molecule has 19 heavy (non-hydrogen) atoms. The van der Waals surface area contributed by atoms with Gasteiger partial charge in [0, 0.05) is 13.2 Å². The third-order valence-electron chi connectivity index (χ3n) is 3.12. The predicted octanol–water partition coefficient (Wildman–Crippen LogP) is 3.60. The molecule has 0 aliphatic rings. The summed E-state index contributed by atoms with van der Waals surface area (Å²) in [6.45, 7) is 9.69. The molecule has 0 radical (unpaired) electrons. The van der Waals surface area contributed by atoms with Crippen LogP contribution in [0.15, 0.2) is 30.8 Å². The number of rotatable bonds is 10. The van der Waals surface area contributed by atoms with Crippen LogP contribution in [0.1, 0.15) is 31.4 Å². The Kier molecular flexibility index (Phi) is 8.46. The first-order chi connectivity index (χ1) is 9.31. The van der Waals surface area contributed by atoms with Gasteiger partial charge in [-0.1, -0.05) is 50.3 Å². The highest BCUT2D eigenvalue weighted by atomic mass is 28.3. The molecular weight excluding hydrogens is 252 g/mol. The van der Waals surface area contributed by atoms with Crippen LogP contribution < -0.4 is 0 Å². The lowest BCUT2D eigenvalue weighted by molar-refractivity contribution is 0.171. The van der Waals surface area contributed by atoms with Crippen molar-refractivity contribution >= 4 is 15.1 Å². The zero-order valence-electron chi connectivity index (χ0n) is 12.2. The Balaban J connectivity index is 2.40. The second kappa shape index (κ2) is 9.95. The van der Waals surface area contributed by atoms with E-state index in [0.717, 1.165) is 25.9 Å². The average molecular weight is 278 g/mol. The Hall–Kier alpha value is -0.903. The summed E-state index contributed by atoms with van der Waals surface area (Å²) >= 11 is 0. The summed E-state index contributed by atoms with van der Waals surface area (Å²) in [5.74, 6) is 0. The predicted molar refractivity (Wildman–Crippen MR) is 84.9 cm³/mol. The first kappa shape index (κ1) is 16.2. The van der Waals surface area contributed by atoms with Gasteiger partial charge in [-0.05, 0) is 30.5 Å². The first-order valence-electron chi connectivity index (χ1n) is 7.21. The maximum absolute atomic E-state index is 6.07. The van der Waals surface area contributed by atoms with Crippen molar-refractivity contribution < 1.29 is 9.16 Å². The van der Waals surface area contributed by atoms with E-state index in [0.29, 0.717) is 0 Å². The molecule has 1 rings (SSSR count). The van der Waals surface area contributed by atoms with Gasteiger partial charge in [0.15, 0.2) is 0 Å². The van der Waals surface area contributed by atoms with Gasteiger partial charge in [-0.2, -0.15) is 0 Å². The van der Waals surface area contributed by atoms with Crippen molar-refractivity contribution in [1.29, 1.82) is 0 Å². The highest BCUT2D eigenvalue weighted by Crippen LogP contribution is 2.11. The first-order valence-corrected chi connectivity index (χ1v) is 9.31. The molecule has 3 heteroatoms. The Morgan fingerprint density at radius 2 is 2.05 bits per heavy atom. The van der Waals surface area contributed by atoms with Gasteiger partial charge in [0.2, 0.25) is 9.04 Å². The summed E-state index contributed by atoms with van der Waals surface area (Å²) < 4.78 is 11.6. The fourth-order valence-corrected chi connectivity index (χ4v) is 4.11. The molecule has 0 N–H and O–H groups in total. The summed E-state index contributed by atoms with van der Waals surface area (Å²) in [6.07, 6.45) is 4.90. The fourth-order valence-electron chi connectivity index (χ4n) is 2.08. The molecule has 0 saturated carbocycles. The zero-order chi connectivity index (χ0) is 13.9. The quantitative estimate of drug-likeness (QED) is 0.609. The summed E-state index contributed by atoms with van der Waals surface area (Å²) in [5, 5.41) is 0. The molecule has 1 unspecified atom stereocenters. The van der Waals surface area contributed by atoms with Crippen LogP contribution in [0.25, 0.3) is 6.08 Å². The van der Waals surface area contributed by atoms with E-state index < -0.39 is 9.04 Å². The molecule has 106 valence electrons. The van der Waals surface area contributed by atoms with Gasteiger partial charge in [-0.3, -0.25) is 0 Å². The van der Waals surface area contributed by atoms with E-state index in [1.807, 2.05) is 19.1 Å². The molecular formula is C16H26O2Si. The molecule has 0 spiro atoms. The van der Waals surface area contributed by atoms with E-state index in [4.69, 9.17) is 9.16 Å². The number of benzene rings is 1. The van der Waals surface area contributed by atoms with Gasteiger partial charge in [0.1, 0.15) is 0 Å². The van der Waals surface area contributed by atoms with Crippen LogP contribution >= 0.6 is 0 Å². The van der Waals surface area contributed by atoms with Crippen LogP contribution in [-0.4, -0.2) is 28.5 Å². The molecule has 1 atom stereocenters. The van der Waals surface area contributed by atoms with Crippen molar-refractivity contribution in [2.75, 3.05) is 19.4 Å². The minimum atomic E-state index is -1.17. The van der Waals surface area contributed by atoms with Crippen LogP contribution in [-0.2, 0) is 15.6 Å². The summed E-state index contributed by atoms with van der Waals surface area (Å²) in [7, 11) is -1.17. The summed E-state index contributed by atoms with van der Waals surface area (Å²) in [4.78, 5) is 0. The van der Waals surface area contributed by atoms with Gasteiger partial charge >= 0.3 is 0 Å². The van der Waals surface area contributed by atoms with Crippen molar-refractivity contribution in [3.63, 3.8) is 0 Å². The fraction of sp³-hybridized carbons (Fsp3) is 0.500. The molecule has 0 bridgehead atoms. The number of ether oxygens (including phenoxy) is 1. The standard InChI is InChI=1S/C16H26O2Si/c1-4-13-19(14-17-6-3)18-12-11-16-10-8-7-9-15(16)5-2/h5,7-10,19H,2,4,6,11-14H2,1,3H3. The third kappa shape index (κ3) is 6.19. The lowest BCUT2D eigenvalue weighted by Gasteiger charge is -2.16. The number of hydrogen-bond donors (Lipinski definition) is 0. The van der Waals surface area contributed by atoms with E-state index >= 15 is 0 Å². The van der Waals surface area contributed by atoms with E-state index in [1.54, 1.807) is 0 Å². The van der Waals surface area contributed by atoms with Crippen molar-refractivity contribution in [1.82, 2.24) is 0 Å². The molecule has 0 aliphatic carbocycles. The lowest BCUT2D eigenvalue weighted by Crippen LogP contribution is -2.26. The normalized spacial score (nSPS) is 12.3. The van der Waals surface area contributed by atoms with Crippen molar-refractivity contribution in [3.05, 3.63) is 42.0 Å². The van der Waals surface area contributed by atoms with Gasteiger partial charge in [0.25, 0.3) is 0 Å². The Labute approximate surface area is 119 Å². The molecule has 1 aromatic carbocycles. The van der Waals surface area contributed by atoms with Crippen LogP contribution in [0.2, 0.25) is 6.04 Å². The van der Waals surface area contributed by atoms with Crippen LogP contribution in [0.5, 0.6) is 0 Å². The summed E-state index contributed by atoms with van der Waals surface area (Å²) in [5.41, 5.74) is 2.53. The van der Waals surface area contributed by atoms with Gasteiger partial charge < -0.3 is 9.16 Å². The van der Waals surface area contributed by atoms with E-state index in [1.165, 1.54) is 23.6 Å². The monoisotopic (exact) mass is 278 g/mol. The highest BCUT2D eigenvalue weighted by Gasteiger charge is 2.11. The maximum atomic E-state index is 6.07. The second-order valence-corrected chi connectivity index (χ2v) is 7.08. The molecule has 1 aromatic rings. The van der Waals surface area contributed by atoms with Crippen molar-refractivity contribution in [2.24, 2.45) is 0 Å². The van der Waals surface area contributed by atoms with Gasteiger partial charge in [0.05, 0.1) is 6.23 Å². The zero-order valence-corrected chi connectivity index (χ0v) is 13.4. The van der Waals surface area contributed by atoms with Gasteiger partial charge in [-0.15, -0.1) is 0 Å². The summed E-state index contributed by atoms with van der Waals surface area (Å²) in [6, 6.07) is 9.57. The molecule has 2 nitrogen and oxygen atoms in total. The lowest BCUT2D eigenvalue weighted by atomic mass is 10.1. The highest BCUT2D eigenvalue weighted by molar-refractivity contribution is 6.51. The average Bonchev–Trinajstić information content (AvgIpc) is 2.45. The number of hydrogen-bond acceptors (Lipinski definition) is 2. The smallest absolute Gasteiger partial charge is 0.202 e.